The molecule has 2 atom stereocenters. The summed E-state index contributed by atoms with van der Waals surface area (Å²) in [6.45, 7) is 9.51. The zero-order valence-electron chi connectivity index (χ0n) is 12.9. The third-order valence-electron chi connectivity index (χ3n) is 4.56. The summed E-state index contributed by atoms with van der Waals surface area (Å²) < 4.78 is 0. The number of amides is 1. The summed E-state index contributed by atoms with van der Waals surface area (Å²) in [6, 6.07) is 0.849. The first-order valence-electron chi connectivity index (χ1n) is 7.31. The summed E-state index contributed by atoms with van der Waals surface area (Å²) in [4.78, 5) is 16.1. The monoisotopic (exact) mass is 270 g/mol. The zero-order chi connectivity index (χ0) is 14.6. The van der Waals surface area contributed by atoms with Crippen LogP contribution in [0.1, 0.15) is 40.0 Å². The third kappa shape index (κ3) is 4.44. The molecule has 0 aromatic carbocycles. The van der Waals surface area contributed by atoms with Crippen LogP contribution >= 0.6 is 0 Å². The van der Waals surface area contributed by atoms with Crippen molar-refractivity contribution >= 4 is 5.91 Å². The van der Waals surface area contributed by atoms with Gasteiger partial charge < -0.3 is 21.3 Å². The van der Waals surface area contributed by atoms with Gasteiger partial charge in [0.05, 0.1) is 5.54 Å². The molecule has 5 heteroatoms. The predicted molar refractivity (Wildman–Crippen MR) is 78.8 cm³/mol. The summed E-state index contributed by atoms with van der Waals surface area (Å²) in [6.07, 6.45) is 2.98. The van der Waals surface area contributed by atoms with E-state index in [2.05, 4.69) is 30.7 Å². The summed E-state index contributed by atoms with van der Waals surface area (Å²) in [5.74, 6) is -0.423. The number of primary amides is 1. The normalized spacial score (nSPS) is 23.3. The molecule has 0 radical (unpaired) electrons. The number of likely N-dealkylation sites (tertiary alicyclic amines) is 1. The lowest BCUT2D eigenvalue weighted by Gasteiger charge is -2.40. The molecule has 1 aliphatic heterocycles. The number of hydrogen-bond acceptors (Lipinski definition) is 4. The lowest BCUT2D eigenvalue weighted by Crippen LogP contribution is -2.54. The average molecular weight is 270 g/mol. The van der Waals surface area contributed by atoms with Crippen LogP contribution in [0.15, 0.2) is 0 Å². The number of nitrogens with two attached hydrogens (primary N) is 2. The fourth-order valence-corrected chi connectivity index (χ4v) is 2.86. The lowest BCUT2D eigenvalue weighted by molar-refractivity contribution is -0.123. The van der Waals surface area contributed by atoms with Crippen LogP contribution in [0.5, 0.6) is 0 Å². The lowest BCUT2D eigenvalue weighted by atomic mass is 9.92. The second-order valence-electron chi connectivity index (χ2n) is 6.17. The van der Waals surface area contributed by atoms with E-state index in [9.17, 15) is 4.79 Å². The van der Waals surface area contributed by atoms with Gasteiger partial charge in [-0.15, -0.1) is 0 Å². The van der Waals surface area contributed by atoms with Gasteiger partial charge in [0.25, 0.3) is 0 Å². The maximum absolute atomic E-state index is 11.3. The molecule has 112 valence electrons. The molecular formula is C14H30N4O. The molecule has 5 nitrogen and oxygen atoms in total. The first-order valence-corrected chi connectivity index (χ1v) is 7.31. The molecule has 1 fully saturated rings. The zero-order valence-corrected chi connectivity index (χ0v) is 12.9. The van der Waals surface area contributed by atoms with Gasteiger partial charge in [0.15, 0.2) is 0 Å². The van der Waals surface area contributed by atoms with Crippen LogP contribution in [-0.4, -0.2) is 60.0 Å². The van der Waals surface area contributed by atoms with Gasteiger partial charge in [-0.25, -0.2) is 0 Å². The Morgan fingerprint density at radius 3 is 2.42 bits per heavy atom. The highest BCUT2D eigenvalue weighted by Crippen LogP contribution is 2.20. The maximum Gasteiger partial charge on any atom is 0.237 e. The van der Waals surface area contributed by atoms with E-state index in [0.717, 1.165) is 19.6 Å². The predicted octanol–water partition coefficient (Wildman–Crippen LogP) is 0.384. The highest BCUT2D eigenvalue weighted by atomic mass is 16.1. The van der Waals surface area contributed by atoms with Crippen molar-refractivity contribution in [3.05, 3.63) is 0 Å². The number of piperidine rings is 1. The molecule has 0 saturated carbocycles. The molecule has 1 amide bonds. The minimum absolute atomic E-state index is 0.265. The molecule has 0 aliphatic carbocycles. The Kier molecular flexibility index (Phi) is 5.77. The quantitative estimate of drug-likeness (QED) is 0.732. The molecule has 2 unspecified atom stereocenters. The van der Waals surface area contributed by atoms with E-state index in [0.29, 0.717) is 12.5 Å². The molecule has 0 bridgehead atoms. The van der Waals surface area contributed by atoms with Crippen LogP contribution < -0.4 is 11.5 Å². The van der Waals surface area contributed by atoms with Crippen LogP contribution in [0.2, 0.25) is 0 Å². The van der Waals surface area contributed by atoms with Crippen molar-refractivity contribution in [2.75, 3.05) is 26.7 Å². The molecule has 1 saturated heterocycles. The largest absolute Gasteiger partial charge is 0.368 e. The molecule has 1 heterocycles. The van der Waals surface area contributed by atoms with Gasteiger partial charge in [0.2, 0.25) is 5.91 Å². The highest BCUT2D eigenvalue weighted by Gasteiger charge is 2.32. The molecule has 0 spiro atoms. The number of rotatable bonds is 6. The van der Waals surface area contributed by atoms with Crippen molar-refractivity contribution in [3.63, 3.8) is 0 Å². The Balaban J connectivity index is 2.49. The van der Waals surface area contributed by atoms with Gasteiger partial charge in [0.1, 0.15) is 0 Å². The number of carbonyl (C=O) groups is 1. The van der Waals surface area contributed by atoms with Crippen LogP contribution in [0.4, 0.5) is 0 Å². The second kappa shape index (κ2) is 6.68. The Morgan fingerprint density at radius 1 is 1.47 bits per heavy atom. The minimum atomic E-state index is -0.919. The minimum Gasteiger partial charge on any atom is -0.368 e. The van der Waals surface area contributed by atoms with Crippen LogP contribution in [0, 0.1) is 0 Å². The molecule has 1 rings (SSSR count). The number of nitrogens with zero attached hydrogens (tertiary/aromatic N) is 2. The van der Waals surface area contributed by atoms with Crippen molar-refractivity contribution in [2.24, 2.45) is 11.5 Å². The van der Waals surface area contributed by atoms with E-state index < -0.39 is 11.4 Å². The van der Waals surface area contributed by atoms with E-state index in [4.69, 9.17) is 11.5 Å². The smallest absolute Gasteiger partial charge is 0.237 e. The van der Waals surface area contributed by atoms with E-state index in [-0.39, 0.29) is 6.04 Å². The molecule has 19 heavy (non-hydrogen) atoms. The van der Waals surface area contributed by atoms with Crippen molar-refractivity contribution in [1.29, 1.82) is 0 Å². The van der Waals surface area contributed by atoms with Crippen molar-refractivity contribution in [2.45, 2.75) is 57.7 Å². The van der Waals surface area contributed by atoms with E-state index in [1.165, 1.54) is 12.8 Å². The highest BCUT2D eigenvalue weighted by molar-refractivity contribution is 5.83. The average Bonchev–Trinajstić information content (AvgIpc) is 2.37. The first-order chi connectivity index (χ1) is 8.77. The summed E-state index contributed by atoms with van der Waals surface area (Å²) in [7, 11) is 2.13. The molecule has 1 aliphatic rings. The number of hydrogen-bond donors (Lipinski definition) is 2. The topological polar surface area (TPSA) is 75.6 Å². The van der Waals surface area contributed by atoms with E-state index in [1.807, 2.05) is 0 Å². The fourth-order valence-electron chi connectivity index (χ4n) is 2.86. The third-order valence-corrected chi connectivity index (χ3v) is 4.56. The Morgan fingerprint density at radius 2 is 2.00 bits per heavy atom. The fraction of sp³-hybridized carbons (Fsp3) is 0.929. The first kappa shape index (κ1) is 16.4. The van der Waals surface area contributed by atoms with Crippen LogP contribution in [-0.2, 0) is 4.79 Å². The van der Waals surface area contributed by atoms with Gasteiger partial charge in [-0.2, -0.15) is 0 Å². The van der Waals surface area contributed by atoms with E-state index >= 15 is 0 Å². The van der Waals surface area contributed by atoms with Crippen molar-refractivity contribution in [3.8, 4) is 0 Å². The Hall–Kier alpha value is -0.650. The summed E-state index contributed by atoms with van der Waals surface area (Å²) in [5, 5.41) is 0. The van der Waals surface area contributed by atoms with Crippen LogP contribution in [0.3, 0.4) is 0 Å². The van der Waals surface area contributed by atoms with Gasteiger partial charge in [-0.05, 0) is 59.8 Å². The summed E-state index contributed by atoms with van der Waals surface area (Å²) in [5.41, 5.74) is 10.4. The van der Waals surface area contributed by atoms with Gasteiger partial charge in [0, 0.05) is 12.1 Å². The Labute approximate surface area is 117 Å². The second-order valence-corrected chi connectivity index (χ2v) is 6.17. The molecule has 4 N–H and O–H groups in total. The standard InChI is InChI=1S/C14H30N4O/c1-5-18-8-6-12(7-9-18)17(4)11(2)10-14(3,16)13(15)19/h11-12H,5-10,16H2,1-4H3,(H2,15,19). The van der Waals surface area contributed by atoms with Crippen molar-refractivity contribution in [1.82, 2.24) is 9.80 Å². The molecule has 0 aromatic heterocycles. The van der Waals surface area contributed by atoms with E-state index in [1.54, 1.807) is 6.92 Å². The summed E-state index contributed by atoms with van der Waals surface area (Å²) >= 11 is 0. The van der Waals surface area contributed by atoms with Crippen molar-refractivity contribution < 1.29 is 4.79 Å². The SMILES string of the molecule is CCN1CCC(N(C)C(C)CC(C)(N)C(N)=O)CC1. The number of carbonyl (C=O) groups excluding carboxylic acids is 1. The van der Waals surface area contributed by atoms with Gasteiger partial charge >= 0.3 is 0 Å². The van der Waals surface area contributed by atoms with Crippen LogP contribution in [0.25, 0.3) is 0 Å². The Bertz CT molecular complexity index is 298. The molecule has 0 aromatic rings. The van der Waals surface area contributed by atoms with Gasteiger partial charge in [-0.3, -0.25) is 4.79 Å². The molecular weight excluding hydrogens is 240 g/mol. The van der Waals surface area contributed by atoms with Gasteiger partial charge in [-0.1, -0.05) is 6.92 Å². The maximum atomic E-state index is 11.3.